The Labute approximate surface area is 125 Å². The van der Waals surface area contributed by atoms with Gasteiger partial charge in [-0.2, -0.15) is 0 Å². The zero-order chi connectivity index (χ0) is 16.2. The second kappa shape index (κ2) is 6.89. The van der Waals surface area contributed by atoms with Crippen LogP contribution in [0.2, 0.25) is 0 Å². The van der Waals surface area contributed by atoms with Gasteiger partial charge in [0.2, 0.25) is 0 Å². The molecule has 0 saturated carbocycles. The van der Waals surface area contributed by atoms with Crippen LogP contribution in [0.5, 0.6) is 5.75 Å². The van der Waals surface area contributed by atoms with Gasteiger partial charge in [0.1, 0.15) is 0 Å². The Hall–Kier alpha value is -1.62. The number of nitrogens with two attached hydrogens (primary N) is 1. The highest BCUT2D eigenvalue weighted by Crippen LogP contribution is 2.20. The molecule has 1 aromatic carbocycles. The van der Waals surface area contributed by atoms with Gasteiger partial charge >= 0.3 is 0 Å². The van der Waals surface area contributed by atoms with E-state index < -0.39 is 11.9 Å². The monoisotopic (exact) mass is 296 g/mol. The average Bonchev–Trinajstić information content (AvgIpc) is 2.29. The molecule has 3 N–H and O–H groups in total. The molecule has 1 rings (SSSR count). The molecule has 0 aromatic heterocycles. The van der Waals surface area contributed by atoms with Gasteiger partial charge in [-0.1, -0.05) is 6.07 Å². The van der Waals surface area contributed by atoms with Gasteiger partial charge in [-0.25, -0.2) is 4.39 Å². The smallest absolute Gasteiger partial charge is 0.261 e. The van der Waals surface area contributed by atoms with E-state index in [0.717, 1.165) is 5.56 Å². The third kappa shape index (κ3) is 6.12. The van der Waals surface area contributed by atoms with E-state index in [1.54, 1.807) is 13.0 Å². The number of amides is 1. The van der Waals surface area contributed by atoms with E-state index in [-0.39, 0.29) is 23.2 Å². The lowest BCUT2D eigenvalue weighted by molar-refractivity contribution is -0.128. The second-order valence-corrected chi connectivity index (χ2v) is 6.45. The van der Waals surface area contributed by atoms with E-state index in [9.17, 15) is 9.18 Å². The minimum absolute atomic E-state index is 0.0346. The fourth-order valence-electron chi connectivity index (χ4n) is 1.85. The first kappa shape index (κ1) is 17.4. The number of benzene rings is 1. The molecular weight excluding hydrogens is 271 g/mol. The van der Waals surface area contributed by atoms with Gasteiger partial charge in [-0.05, 0) is 58.7 Å². The summed E-state index contributed by atoms with van der Waals surface area (Å²) in [5, 5.41) is 2.79. The Kier molecular flexibility index (Phi) is 5.72. The summed E-state index contributed by atoms with van der Waals surface area (Å²) in [6.07, 6.45) is -0.171. The number of nitrogens with one attached hydrogen (secondary N) is 1. The van der Waals surface area contributed by atoms with Crippen LogP contribution in [0.3, 0.4) is 0 Å². The van der Waals surface area contributed by atoms with Crippen molar-refractivity contribution >= 4 is 5.91 Å². The summed E-state index contributed by atoms with van der Waals surface area (Å²) in [6, 6.07) is 4.66. The largest absolute Gasteiger partial charge is 0.478 e. The Morgan fingerprint density at radius 1 is 1.38 bits per heavy atom. The summed E-state index contributed by atoms with van der Waals surface area (Å²) in [4.78, 5) is 11.9. The molecular formula is C16H25FN2O2. The minimum Gasteiger partial charge on any atom is -0.478 e. The normalized spacial score (nSPS) is 14.4. The highest BCUT2D eigenvalue weighted by Gasteiger charge is 2.21. The molecule has 0 heterocycles. The van der Waals surface area contributed by atoms with Crippen LogP contribution in [0.25, 0.3) is 0 Å². The Morgan fingerprint density at radius 2 is 2.00 bits per heavy atom. The number of hydrogen-bond donors (Lipinski definition) is 2. The van der Waals surface area contributed by atoms with Crippen molar-refractivity contribution in [2.24, 2.45) is 5.73 Å². The molecule has 4 nitrogen and oxygen atoms in total. The van der Waals surface area contributed by atoms with Crippen LogP contribution in [0, 0.1) is 5.82 Å². The highest BCUT2D eigenvalue weighted by molar-refractivity contribution is 5.81. The van der Waals surface area contributed by atoms with Crippen molar-refractivity contribution in [3.8, 4) is 5.75 Å². The molecule has 0 bridgehead atoms. The summed E-state index contributed by atoms with van der Waals surface area (Å²) < 4.78 is 19.4. The van der Waals surface area contributed by atoms with E-state index in [4.69, 9.17) is 10.5 Å². The fourth-order valence-corrected chi connectivity index (χ4v) is 1.85. The van der Waals surface area contributed by atoms with Crippen molar-refractivity contribution in [3.63, 3.8) is 0 Å². The molecule has 5 heteroatoms. The van der Waals surface area contributed by atoms with Gasteiger partial charge < -0.3 is 15.8 Å². The second-order valence-electron chi connectivity index (χ2n) is 6.45. The Balaban J connectivity index is 2.72. The van der Waals surface area contributed by atoms with Crippen LogP contribution in [0.1, 0.15) is 40.2 Å². The quantitative estimate of drug-likeness (QED) is 0.877. The maximum absolute atomic E-state index is 14.0. The zero-order valence-electron chi connectivity index (χ0n) is 13.4. The lowest BCUT2D eigenvalue weighted by atomic mass is 10.1. The summed E-state index contributed by atoms with van der Waals surface area (Å²) >= 11 is 0. The van der Waals surface area contributed by atoms with Gasteiger partial charge in [0.15, 0.2) is 17.7 Å². The van der Waals surface area contributed by atoms with Crippen LogP contribution < -0.4 is 15.8 Å². The predicted octanol–water partition coefficient (Wildman–Crippen LogP) is 2.40. The molecule has 0 radical (unpaired) electrons. The van der Waals surface area contributed by atoms with Gasteiger partial charge in [0, 0.05) is 11.6 Å². The highest BCUT2D eigenvalue weighted by atomic mass is 19.1. The summed E-state index contributed by atoms with van der Waals surface area (Å²) in [6.45, 7) is 9.08. The number of carbonyl (C=O) groups is 1. The summed E-state index contributed by atoms with van der Waals surface area (Å²) in [7, 11) is 0. The molecule has 0 fully saturated rings. The Morgan fingerprint density at radius 3 is 2.48 bits per heavy atom. The van der Waals surface area contributed by atoms with Crippen molar-refractivity contribution in [2.75, 3.05) is 0 Å². The zero-order valence-corrected chi connectivity index (χ0v) is 13.4. The molecule has 0 aliphatic heterocycles. The van der Waals surface area contributed by atoms with Crippen molar-refractivity contribution in [1.29, 1.82) is 0 Å². The number of hydrogen-bond acceptors (Lipinski definition) is 3. The first-order chi connectivity index (χ1) is 9.58. The maximum Gasteiger partial charge on any atom is 0.261 e. The minimum atomic E-state index is -0.766. The molecule has 0 spiro atoms. The van der Waals surface area contributed by atoms with Gasteiger partial charge in [-0.3, -0.25) is 4.79 Å². The van der Waals surface area contributed by atoms with Gasteiger partial charge in [0.05, 0.1) is 0 Å². The van der Waals surface area contributed by atoms with Crippen LogP contribution in [-0.2, 0) is 11.2 Å². The molecule has 2 atom stereocenters. The van der Waals surface area contributed by atoms with Gasteiger partial charge in [0.25, 0.3) is 5.91 Å². The van der Waals surface area contributed by atoms with Crippen molar-refractivity contribution < 1.29 is 13.9 Å². The topological polar surface area (TPSA) is 64.3 Å². The van der Waals surface area contributed by atoms with Gasteiger partial charge in [-0.15, -0.1) is 0 Å². The molecule has 21 heavy (non-hydrogen) atoms. The third-order valence-corrected chi connectivity index (χ3v) is 2.73. The number of carbonyl (C=O) groups excluding carboxylic acids is 1. The SMILES string of the molecule is CC(N)Cc1ccc(OC(C)C(=O)NC(C)(C)C)c(F)c1. The van der Waals surface area contributed by atoms with E-state index in [0.29, 0.717) is 6.42 Å². The molecule has 1 aromatic rings. The third-order valence-electron chi connectivity index (χ3n) is 2.73. The average molecular weight is 296 g/mol. The maximum atomic E-state index is 14.0. The van der Waals surface area contributed by atoms with E-state index in [2.05, 4.69) is 5.32 Å². The summed E-state index contributed by atoms with van der Waals surface area (Å²) in [5.41, 5.74) is 6.14. The van der Waals surface area contributed by atoms with Crippen LogP contribution in [0.4, 0.5) is 4.39 Å². The molecule has 118 valence electrons. The first-order valence-corrected chi connectivity index (χ1v) is 7.11. The van der Waals surface area contributed by atoms with E-state index in [1.807, 2.05) is 27.7 Å². The molecule has 0 aliphatic carbocycles. The van der Waals surface area contributed by atoms with Crippen LogP contribution >= 0.6 is 0 Å². The van der Waals surface area contributed by atoms with Crippen molar-refractivity contribution in [2.45, 2.75) is 58.7 Å². The Bertz CT molecular complexity index is 496. The summed E-state index contributed by atoms with van der Waals surface area (Å²) in [5.74, 6) is -0.690. The number of rotatable bonds is 5. The van der Waals surface area contributed by atoms with Crippen LogP contribution in [0.15, 0.2) is 18.2 Å². The lowest BCUT2D eigenvalue weighted by Gasteiger charge is -2.23. The molecule has 1 amide bonds. The number of ether oxygens (including phenoxy) is 1. The molecule has 0 saturated heterocycles. The van der Waals surface area contributed by atoms with Crippen molar-refractivity contribution in [3.05, 3.63) is 29.6 Å². The first-order valence-electron chi connectivity index (χ1n) is 7.11. The lowest BCUT2D eigenvalue weighted by Crippen LogP contribution is -2.46. The van der Waals surface area contributed by atoms with E-state index >= 15 is 0 Å². The molecule has 0 aliphatic rings. The fraction of sp³-hybridized carbons (Fsp3) is 0.562. The standard InChI is InChI=1S/C16H25FN2O2/c1-10(18)8-12-6-7-14(13(17)9-12)21-11(2)15(20)19-16(3,4)5/h6-7,9-11H,8,18H2,1-5H3,(H,19,20). The number of halogens is 1. The van der Waals surface area contributed by atoms with Crippen molar-refractivity contribution in [1.82, 2.24) is 5.32 Å². The molecule has 2 unspecified atom stereocenters. The van der Waals surface area contributed by atoms with E-state index in [1.165, 1.54) is 12.1 Å². The predicted molar refractivity (Wildman–Crippen MR) is 81.7 cm³/mol. The van der Waals surface area contributed by atoms with Crippen LogP contribution in [-0.4, -0.2) is 23.6 Å².